The van der Waals surface area contributed by atoms with Crippen molar-refractivity contribution >= 4 is 11.7 Å². The molecule has 0 saturated heterocycles. The molecule has 0 aliphatic carbocycles. The second-order valence-electron chi connectivity index (χ2n) is 4.96. The number of aryl methyl sites for hydroxylation is 1. The zero-order chi connectivity index (χ0) is 15.0. The third-order valence-electron chi connectivity index (χ3n) is 3.28. The van der Waals surface area contributed by atoms with Gasteiger partial charge in [-0.05, 0) is 31.0 Å². The van der Waals surface area contributed by atoms with Crippen LogP contribution in [-0.2, 0) is 4.74 Å². The van der Waals surface area contributed by atoms with Crippen LogP contribution in [-0.4, -0.2) is 19.7 Å². The van der Waals surface area contributed by atoms with Gasteiger partial charge in [0.25, 0.3) is 0 Å². The summed E-state index contributed by atoms with van der Waals surface area (Å²) in [5, 5.41) is 0. The molecule has 0 amide bonds. The number of carbonyl (C=O) groups excluding carboxylic acids is 1. The smallest absolute Gasteiger partial charge is 0.340 e. The van der Waals surface area contributed by atoms with Gasteiger partial charge in [0.1, 0.15) is 5.75 Å². The van der Waals surface area contributed by atoms with E-state index in [1.165, 1.54) is 32.8 Å². The molecule has 0 bridgehead atoms. The van der Waals surface area contributed by atoms with Crippen molar-refractivity contribution in [2.75, 3.05) is 19.5 Å². The molecule has 0 fully saturated rings. The van der Waals surface area contributed by atoms with Crippen LogP contribution < -0.4 is 10.5 Å². The summed E-state index contributed by atoms with van der Waals surface area (Å²) in [6, 6.07) is 3.51. The van der Waals surface area contributed by atoms with E-state index >= 15 is 0 Å². The molecule has 4 nitrogen and oxygen atoms in total. The van der Waals surface area contributed by atoms with Gasteiger partial charge >= 0.3 is 5.97 Å². The molecule has 0 aliphatic heterocycles. The number of hydrogen-bond acceptors (Lipinski definition) is 4. The number of esters is 1. The van der Waals surface area contributed by atoms with Gasteiger partial charge in [0, 0.05) is 5.69 Å². The highest BCUT2D eigenvalue weighted by Gasteiger charge is 2.13. The van der Waals surface area contributed by atoms with Crippen molar-refractivity contribution in [1.29, 1.82) is 0 Å². The van der Waals surface area contributed by atoms with Crippen molar-refractivity contribution in [3.63, 3.8) is 0 Å². The van der Waals surface area contributed by atoms with Gasteiger partial charge in [0.05, 0.1) is 19.3 Å². The van der Waals surface area contributed by atoms with Crippen LogP contribution in [0.4, 0.5) is 5.69 Å². The summed E-state index contributed by atoms with van der Waals surface area (Å²) in [5.41, 5.74) is 7.53. The minimum Gasteiger partial charge on any atom is -0.494 e. The Kier molecular flexibility index (Phi) is 6.91. The molecule has 0 heterocycles. The Hall–Kier alpha value is -1.71. The molecule has 0 unspecified atom stereocenters. The maximum Gasteiger partial charge on any atom is 0.340 e. The maximum atomic E-state index is 11.6. The van der Waals surface area contributed by atoms with Crippen molar-refractivity contribution in [1.82, 2.24) is 0 Å². The fraction of sp³-hybridized carbons (Fsp3) is 0.562. The van der Waals surface area contributed by atoms with Crippen LogP contribution in [0, 0.1) is 6.92 Å². The summed E-state index contributed by atoms with van der Waals surface area (Å²) in [6.45, 7) is 4.71. The Bertz CT molecular complexity index is 444. The van der Waals surface area contributed by atoms with E-state index in [0.29, 0.717) is 23.6 Å². The number of rotatable bonds is 8. The number of anilines is 1. The molecule has 112 valence electrons. The van der Waals surface area contributed by atoms with Gasteiger partial charge in [-0.2, -0.15) is 0 Å². The molecular formula is C16H25NO3. The van der Waals surface area contributed by atoms with Crippen molar-refractivity contribution < 1.29 is 14.3 Å². The van der Waals surface area contributed by atoms with Crippen molar-refractivity contribution in [2.24, 2.45) is 0 Å². The zero-order valence-electron chi connectivity index (χ0n) is 12.7. The van der Waals surface area contributed by atoms with Gasteiger partial charge in [0.15, 0.2) is 0 Å². The van der Waals surface area contributed by atoms with Gasteiger partial charge in [0.2, 0.25) is 0 Å². The average Bonchev–Trinajstić information content (AvgIpc) is 2.45. The summed E-state index contributed by atoms with van der Waals surface area (Å²) in [7, 11) is 1.35. The van der Waals surface area contributed by atoms with Crippen LogP contribution in [0.3, 0.4) is 0 Å². The first-order chi connectivity index (χ1) is 9.60. The summed E-state index contributed by atoms with van der Waals surface area (Å²) >= 11 is 0. The lowest BCUT2D eigenvalue weighted by atomic mass is 10.1. The summed E-state index contributed by atoms with van der Waals surface area (Å²) in [5.74, 6) is 0.242. The topological polar surface area (TPSA) is 61.5 Å². The van der Waals surface area contributed by atoms with Crippen molar-refractivity contribution in [3.8, 4) is 5.75 Å². The number of benzene rings is 1. The Morgan fingerprint density at radius 3 is 2.55 bits per heavy atom. The molecule has 0 aliphatic rings. The average molecular weight is 279 g/mol. The first-order valence-corrected chi connectivity index (χ1v) is 7.21. The summed E-state index contributed by atoms with van der Waals surface area (Å²) in [4.78, 5) is 11.6. The molecule has 0 aromatic heterocycles. The van der Waals surface area contributed by atoms with Gasteiger partial charge in [-0.3, -0.25) is 0 Å². The molecule has 2 N–H and O–H groups in total. The number of methoxy groups -OCH3 is 1. The molecule has 0 spiro atoms. The number of nitrogens with two attached hydrogens (primary N) is 1. The Morgan fingerprint density at radius 1 is 1.20 bits per heavy atom. The fourth-order valence-electron chi connectivity index (χ4n) is 2.02. The van der Waals surface area contributed by atoms with E-state index in [9.17, 15) is 4.79 Å². The quantitative estimate of drug-likeness (QED) is 0.447. The molecule has 0 radical (unpaired) electrons. The highest BCUT2D eigenvalue weighted by atomic mass is 16.5. The van der Waals surface area contributed by atoms with E-state index in [4.69, 9.17) is 15.2 Å². The predicted octanol–water partition coefficient (Wildman–Crippen LogP) is 3.71. The Balaban J connectivity index is 2.58. The van der Waals surface area contributed by atoms with Gasteiger partial charge in [-0.1, -0.05) is 32.6 Å². The molecule has 1 rings (SSSR count). The van der Waals surface area contributed by atoms with E-state index in [1.54, 1.807) is 6.07 Å². The van der Waals surface area contributed by atoms with Gasteiger partial charge in [-0.15, -0.1) is 0 Å². The van der Waals surface area contributed by atoms with Crippen LogP contribution in [0.5, 0.6) is 5.75 Å². The highest BCUT2D eigenvalue weighted by Crippen LogP contribution is 2.25. The molecule has 0 atom stereocenters. The molecule has 1 aromatic carbocycles. The fourth-order valence-corrected chi connectivity index (χ4v) is 2.02. The van der Waals surface area contributed by atoms with Crippen molar-refractivity contribution in [2.45, 2.75) is 46.0 Å². The van der Waals surface area contributed by atoms with Crippen LogP contribution in [0.2, 0.25) is 0 Å². The Labute approximate surface area is 121 Å². The largest absolute Gasteiger partial charge is 0.494 e. The monoisotopic (exact) mass is 279 g/mol. The van der Waals surface area contributed by atoms with Crippen molar-refractivity contribution in [3.05, 3.63) is 23.3 Å². The van der Waals surface area contributed by atoms with Gasteiger partial charge in [-0.25, -0.2) is 4.79 Å². The lowest BCUT2D eigenvalue weighted by Gasteiger charge is -2.11. The number of hydrogen-bond donors (Lipinski definition) is 1. The van der Waals surface area contributed by atoms with E-state index in [0.717, 1.165) is 12.0 Å². The number of carbonyl (C=O) groups is 1. The summed E-state index contributed by atoms with van der Waals surface area (Å²) in [6.07, 6.45) is 5.95. The third-order valence-corrected chi connectivity index (χ3v) is 3.28. The second-order valence-corrected chi connectivity index (χ2v) is 4.96. The lowest BCUT2D eigenvalue weighted by molar-refractivity contribution is 0.0601. The van der Waals surface area contributed by atoms with E-state index in [1.807, 2.05) is 13.0 Å². The van der Waals surface area contributed by atoms with E-state index in [2.05, 4.69) is 6.92 Å². The third kappa shape index (κ3) is 4.76. The summed E-state index contributed by atoms with van der Waals surface area (Å²) < 4.78 is 10.4. The first kappa shape index (κ1) is 16.3. The van der Waals surface area contributed by atoms with E-state index < -0.39 is 5.97 Å². The van der Waals surface area contributed by atoms with Crippen LogP contribution in [0.15, 0.2) is 12.1 Å². The van der Waals surface area contributed by atoms with Gasteiger partial charge < -0.3 is 15.2 Å². The molecular weight excluding hydrogens is 254 g/mol. The SMILES string of the molecule is CCCCCCCOc1cc(C)c(N)c(C(=O)OC)c1. The highest BCUT2D eigenvalue weighted by molar-refractivity contribution is 5.96. The number of nitrogen functional groups attached to an aromatic ring is 1. The minimum absolute atomic E-state index is 0.369. The standard InChI is InChI=1S/C16H25NO3/c1-4-5-6-7-8-9-20-13-10-12(2)15(17)14(11-13)16(18)19-3/h10-11H,4-9,17H2,1-3H3. The predicted molar refractivity (Wildman–Crippen MR) is 81.2 cm³/mol. The molecule has 1 aromatic rings. The second kappa shape index (κ2) is 8.46. The maximum absolute atomic E-state index is 11.6. The first-order valence-electron chi connectivity index (χ1n) is 7.21. The minimum atomic E-state index is -0.431. The molecule has 20 heavy (non-hydrogen) atoms. The molecule has 4 heteroatoms. The normalized spacial score (nSPS) is 10.3. The lowest BCUT2D eigenvalue weighted by Crippen LogP contribution is -2.08. The number of ether oxygens (including phenoxy) is 2. The molecule has 0 saturated carbocycles. The Morgan fingerprint density at radius 2 is 1.90 bits per heavy atom. The van der Waals surface area contributed by atoms with Crippen LogP contribution >= 0.6 is 0 Å². The van der Waals surface area contributed by atoms with Crippen LogP contribution in [0.1, 0.15) is 54.9 Å². The van der Waals surface area contributed by atoms with E-state index in [-0.39, 0.29) is 0 Å². The number of unbranched alkanes of at least 4 members (excludes halogenated alkanes) is 4. The van der Waals surface area contributed by atoms with Crippen LogP contribution in [0.25, 0.3) is 0 Å². The zero-order valence-corrected chi connectivity index (χ0v) is 12.7.